The summed E-state index contributed by atoms with van der Waals surface area (Å²) in [5, 5.41) is 7.31. The molecule has 0 fully saturated rings. The molecule has 22 heavy (non-hydrogen) atoms. The van der Waals surface area contributed by atoms with Gasteiger partial charge in [0.2, 0.25) is 0 Å². The van der Waals surface area contributed by atoms with E-state index in [1.165, 1.54) is 5.56 Å². The van der Waals surface area contributed by atoms with Crippen molar-refractivity contribution in [2.75, 3.05) is 11.9 Å². The minimum atomic E-state index is 0.122. The van der Waals surface area contributed by atoms with E-state index in [1.54, 1.807) is 0 Å². The Labute approximate surface area is 135 Å². The molecule has 0 amide bonds. The number of hydrogen-bond acceptors (Lipinski definition) is 3. The van der Waals surface area contributed by atoms with Crippen LogP contribution < -0.4 is 10.6 Å². The van der Waals surface area contributed by atoms with Gasteiger partial charge in [0, 0.05) is 28.9 Å². The Kier molecular flexibility index (Phi) is 4.46. The molecule has 1 aliphatic rings. The first-order valence-corrected chi connectivity index (χ1v) is 7.87. The van der Waals surface area contributed by atoms with E-state index in [9.17, 15) is 4.79 Å². The van der Waals surface area contributed by atoms with Gasteiger partial charge in [0.15, 0.2) is 5.78 Å². The molecule has 0 aromatic heterocycles. The Bertz CT molecular complexity index is 682. The molecule has 0 radical (unpaired) electrons. The summed E-state index contributed by atoms with van der Waals surface area (Å²) < 4.78 is 0. The Morgan fingerprint density at radius 1 is 1.27 bits per heavy atom. The van der Waals surface area contributed by atoms with Gasteiger partial charge in [0.05, 0.1) is 6.54 Å². The second kappa shape index (κ2) is 6.51. The standard InChI is InChI=1S/C18H19ClN2O/c1-12-8-15-9-14(4-7-17(15)21-12)18(22)11-20-10-13-2-5-16(19)6-3-13/h2-7,9,12,20-21H,8,10-11H2,1H3. The molecule has 0 bridgehead atoms. The van der Waals surface area contributed by atoms with Crippen molar-refractivity contribution >= 4 is 23.1 Å². The summed E-state index contributed by atoms with van der Waals surface area (Å²) in [7, 11) is 0. The maximum atomic E-state index is 12.3. The summed E-state index contributed by atoms with van der Waals surface area (Å²) >= 11 is 5.85. The lowest BCUT2D eigenvalue weighted by atomic mass is 10.0. The highest BCUT2D eigenvalue weighted by Crippen LogP contribution is 2.26. The van der Waals surface area contributed by atoms with Gasteiger partial charge in [0.25, 0.3) is 0 Å². The predicted molar refractivity (Wildman–Crippen MR) is 90.7 cm³/mol. The third kappa shape index (κ3) is 3.49. The van der Waals surface area contributed by atoms with Crippen molar-refractivity contribution in [1.29, 1.82) is 0 Å². The summed E-state index contributed by atoms with van der Waals surface area (Å²) in [6, 6.07) is 14.0. The first-order valence-electron chi connectivity index (χ1n) is 7.49. The fourth-order valence-corrected chi connectivity index (χ4v) is 2.87. The molecule has 0 saturated heterocycles. The molecule has 0 saturated carbocycles. The van der Waals surface area contributed by atoms with Crippen molar-refractivity contribution < 1.29 is 4.79 Å². The van der Waals surface area contributed by atoms with Crippen LogP contribution in [-0.4, -0.2) is 18.4 Å². The number of nitrogens with one attached hydrogen (secondary N) is 2. The van der Waals surface area contributed by atoms with Gasteiger partial charge in [0.1, 0.15) is 0 Å². The van der Waals surface area contributed by atoms with Gasteiger partial charge in [-0.15, -0.1) is 0 Å². The zero-order valence-corrected chi connectivity index (χ0v) is 13.3. The van der Waals surface area contributed by atoms with Gasteiger partial charge in [-0.25, -0.2) is 0 Å². The minimum absolute atomic E-state index is 0.122. The van der Waals surface area contributed by atoms with E-state index < -0.39 is 0 Å². The maximum absolute atomic E-state index is 12.3. The van der Waals surface area contributed by atoms with Crippen LogP contribution >= 0.6 is 11.6 Å². The SMILES string of the molecule is CC1Cc2cc(C(=O)CNCc3ccc(Cl)cc3)ccc2N1. The smallest absolute Gasteiger partial charge is 0.176 e. The lowest BCUT2D eigenvalue weighted by Gasteiger charge is -2.06. The molecule has 2 aromatic carbocycles. The summed E-state index contributed by atoms with van der Waals surface area (Å²) in [6.07, 6.45) is 0.981. The van der Waals surface area contributed by atoms with Crippen molar-refractivity contribution in [3.63, 3.8) is 0 Å². The van der Waals surface area contributed by atoms with Gasteiger partial charge in [-0.05, 0) is 54.8 Å². The number of ketones is 1. The van der Waals surface area contributed by atoms with Gasteiger partial charge >= 0.3 is 0 Å². The van der Waals surface area contributed by atoms with Crippen LogP contribution in [0, 0.1) is 0 Å². The van der Waals surface area contributed by atoms with Crippen molar-refractivity contribution in [3.8, 4) is 0 Å². The van der Waals surface area contributed by atoms with Gasteiger partial charge < -0.3 is 10.6 Å². The zero-order chi connectivity index (χ0) is 15.5. The van der Waals surface area contributed by atoms with Crippen molar-refractivity contribution in [1.82, 2.24) is 5.32 Å². The number of carbonyl (C=O) groups is 1. The third-order valence-electron chi connectivity index (χ3n) is 3.88. The Hall–Kier alpha value is -1.84. The van der Waals surface area contributed by atoms with E-state index in [4.69, 9.17) is 11.6 Å². The third-order valence-corrected chi connectivity index (χ3v) is 4.14. The predicted octanol–water partition coefficient (Wildman–Crippen LogP) is 3.67. The average molecular weight is 315 g/mol. The number of carbonyl (C=O) groups excluding carboxylic acids is 1. The van der Waals surface area contributed by atoms with E-state index in [-0.39, 0.29) is 5.78 Å². The van der Waals surface area contributed by atoms with Crippen LogP contribution in [-0.2, 0) is 13.0 Å². The van der Waals surface area contributed by atoms with Crippen LogP contribution in [0.5, 0.6) is 0 Å². The molecular weight excluding hydrogens is 296 g/mol. The van der Waals surface area contributed by atoms with E-state index in [2.05, 4.69) is 17.6 Å². The molecule has 3 nitrogen and oxygen atoms in total. The second-order valence-electron chi connectivity index (χ2n) is 5.77. The van der Waals surface area contributed by atoms with E-state index in [1.807, 2.05) is 42.5 Å². The highest BCUT2D eigenvalue weighted by atomic mass is 35.5. The molecule has 4 heteroatoms. The van der Waals surface area contributed by atoms with Crippen LogP contribution in [0.4, 0.5) is 5.69 Å². The number of anilines is 1. The van der Waals surface area contributed by atoms with Gasteiger partial charge in [-0.3, -0.25) is 4.79 Å². The molecule has 0 spiro atoms. The van der Waals surface area contributed by atoms with E-state index >= 15 is 0 Å². The number of halogens is 1. The number of benzene rings is 2. The van der Waals surface area contributed by atoms with Crippen molar-refractivity contribution in [3.05, 3.63) is 64.2 Å². The molecule has 1 atom stereocenters. The van der Waals surface area contributed by atoms with E-state index in [0.717, 1.165) is 28.3 Å². The Morgan fingerprint density at radius 3 is 2.82 bits per heavy atom. The Morgan fingerprint density at radius 2 is 2.05 bits per heavy atom. The van der Waals surface area contributed by atoms with Crippen LogP contribution in [0.2, 0.25) is 5.02 Å². The lowest BCUT2D eigenvalue weighted by Crippen LogP contribution is -2.22. The largest absolute Gasteiger partial charge is 0.382 e. The lowest BCUT2D eigenvalue weighted by molar-refractivity contribution is 0.0990. The summed E-state index contributed by atoms with van der Waals surface area (Å²) in [5.74, 6) is 0.122. The normalized spacial score (nSPS) is 16.2. The molecule has 0 aliphatic carbocycles. The fraction of sp³-hybridized carbons (Fsp3) is 0.278. The van der Waals surface area contributed by atoms with Crippen LogP contribution in [0.1, 0.15) is 28.4 Å². The highest BCUT2D eigenvalue weighted by molar-refractivity contribution is 6.30. The Balaban J connectivity index is 1.56. The zero-order valence-electron chi connectivity index (χ0n) is 12.5. The van der Waals surface area contributed by atoms with Crippen LogP contribution in [0.15, 0.2) is 42.5 Å². The second-order valence-corrected chi connectivity index (χ2v) is 6.21. The molecule has 2 aromatic rings. The number of fused-ring (bicyclic) bond motifs is 1. The molecule has 2 N–H and O–H groups in total. The van der Waals surface area contributed by atoms with Gasteiger partial charge in [-0.1, -0.05) is 23.7 Å². The van der Waals surface area contributed by atoms with Crippen molar-refractivity contribution in [2.45, 2.75) is 25.9 Å². The molecule has 3 rings (SSSR count). The van der Waals surface area contributed by atoms with Gasteiger partial charge in [-0.2, -0.15) is 0 Å². The maximum Gasteiger partial charge on any atom is 0.176 e. The minimum Gasteiger partial charge on any atom is -0.382 e. The summed E-state index contributed by atoms with van der Waals surface area (Å²) in [6.45, 7) is 3.14. The van der Waals surface area contributed by atoms with E-state index in [0.29, 0.717) is 19.1 Å². The van der Waals surface area contributed by atoms with Crippen molar-refractivity contribution in [2.24, 2.45) is 0 Å². The number of rotatable bonds is 5. The number of Topliss-reactive ketones (excluding diaryl/α,β-unsaturated/α-hetero) is 1. The first kappa shape index (κ1) is 15.1. The molecule has 1 heterocycles. The first-order chi connectivity index (χ1) is 10.6. The topological polar surface area (TPSA) is 41.1 Å². The monoisotopic (exact) mass is 314 g/mol. The summed E-state index contributed by atoms with van der Waals surface area (Å²) in [5.41, 5.74) is 4.27. The highest BCUT2D eigenvalue weighted by Gasteiger charge is 2.18. The number of hydrogen-bond donors (Lipinski definition) is 2. The average Bonchev–Trinajstić information content (AvgIpc) is 2.88. The fourth-order valence-electron chi connectivity index (χ4n) is 2.75. The molecule has 1 unspecified atom stereocenters. The molecule has 114 valence electrons. The quantitative estimate of drug-likeness (QED) is 0.827. The van der Waals surface area contributed by atoms with Crippen LogP contribution in [0.3, 0.4) is 0 Å². The van der Waals surface area contributed by atoms with Crippen LogP contribution in [0.25, 0.3) is 0 Å². The molecule has 1 aliphatic heterocycles. The summed E-state index contributed by atoms with van der Waals surface area (Å²) in [4.78, 5) is 12.3. The molecular formula is C18H19ClN2O.